The van der Waals surface area contributed by atoms with Crippen molar-refractivity contribution in [1.82, 2.24) is 0 Å². The van der Waals surface area contributed by atoms with Crippen molar-refractivity contribution in [2.24, 2.45) is 0 Å². The van der Waals surface area contributed by atoms with Crippen LogP contribution in [0, 0.1) is 0 Å². The van der Waals surface area contributed by atoms with E-state index >= 15 is 0 Å². The zero-order valence-corrected chi connectivity index (χ0v) is 19.6. The molecule has 0 atom stereocenters. The number of hydrogen-bond acceptors (Lipinski definition) is 2. The molecule has 142 valence electrons. The normalized spacial score (nSPS) is 11.2. The lowest BCUT2D eigenvalue weighted by atomic mass is 9.92. The quantitative estimate of drug-likeness (QED) is 0.259. The highest BCUT2D eigenvalue weighted by molar-refractivity contribution is 9.11. The molecule has 4 aromatic rings. The van der Waals surface area contributed by atoms with Gasteiger partial charge in [0.05, 0.1) is 14.2 Å². The highest BCUT2D eigenvalue weighted by atomic mass is 79.9. The molecule has 0 spiro atoms. The zero-order chi connectivity index (χ0) is 20.0. The van der Waals surface area contributed by atoms with E-state index in [2.05, 4.69) is 31.9 Å². The van der Waals surface area contributed by atoms with Crippen LogP contribution in [0.1, 0.15) is 0 Å². The zero-order valence-electron chi connectivity index (χ0n) is 14.9. The third-order valence-electron chi connectivity index (χ3n) is 4.71. The van der Waals surface area contributed by atoms with E-state index in [0.717, 1.165) is 53.1 Å². The van der Waals surface area contributed by atoms with Crippen molar-refractivity contribution in [1.29, 1.82) is 0 Å². The van der Waals surface area contributed by atoms with Crippen LogP contribution in [0.15, 0.2) is 57.5 Å². The Kier molecular flexibility index (Phi) is 5.49. The van der Waals surface area contributed by atoms with Crippen LogP contribution in [-0.2, 0) is 0 Å². The molecule has 0 saturated heterocycles. The average molecular weight is 541 g/mol. The molecule has 0 heterocycles. The molecule has 28 heavy (non-hydrogen) atoms. The number of benzene rings is 4. The van der Waals surface area contributed by atoms with Gasteiger partial charge in [0, 0.05) is 30.1 Å². The summed E-state index contributed by atoms with van der Waals surface area (Å²) < 4.78 is 13.4. The van der Waals surface area contributed by atoms with Crippen molar-refractivity contribution in [3.63, 3.8) is 0 Å². The fourth-order valence-corrected chi connectivity index (χ4v) is 4.91. The Labute approximate surface area is 189 Å². The molecule has 0 aliphatic heterocycles. The van der Waals surface area contributed by atoms with Crippen molar-refractivity contribution in [2.75, 3.05) is 14.2 Å². The van der Waals surface area contributed by atoms with Crippen LogP contribution in [0.5, 0.6) is 11.5 Å². The fraction of sp³-hybridized carbons (Fsp3) is 0.0909. The Hall–Kier alpha value is -1.46. The first-order valence-corrected chi connectivity index (χ1v) is 10.7. The summed E-state index contributed by atoms with van der Waals surface area (Å²) in [5.74, 6) is 1.47. The minimum atomic E-state index is 0.670. The molecule has 0 aliphatic carbocycles. The second kappa shape index (κ2) is 7.75. The Balaban J connectivity index is 2.24. The maximum absolute atomic E-state index is 6.26. The molecule has 0 saturated carbocycles. The monoisotopic (exact) mass is 538 g/mol. The highest BCUT2D eigenvalue weighted by Crippen LogP contribution is 2.49. The molecule has 2 nitrogen and oxygen atoms in total. The topological polar surface area (TPSA) is 18.5 Å². The van der Waals surface area contributed by atoms with Gasteiger partial charge in [-0.2, -0.15) is 0 Å². The third-order valence-corrected chi connectivity index (χ3v) is 6.50. The maximum Gasteiger partial charge on any atom is 0.128 e. The summed E-state index contributed by atoms with van der Waals surface area (Å²) in [5.41, 5.74) is 1.88. The summed E-state index contributed by atoms with van der Waals surface area (Å²) in [6.07, 6.45) is 0. The lowest BCUT2D eigenvalue weighted by Gasteiger charge is -2.19. The summed E-state index contributed by atoms with van der Waals surface area (Å²) in [5, 5.41) is 5.35. The summed E-state index contributed by atoms with van der Waals surface area (Å²) in [4.78, 5) is 0. The molecule has 0 aromatic heterocycles. The summed E-state index contributed by atoms with van der Waals surface area (Å²) in [7, 11) is 3.33. The predicted molar refractivity (Wildman–Crippen MR) is 125 cm³/mol. The van der Waals surface area contributed by atoms with Gasteiger partial charge in [-0.3, -0.25) is 0 Å². The highest BCUT2D eigenvalue weighted by Gasteiger charge is 2.21. The van der Waals surface area contributed by atoms with Gasteiger partial charge < -0.3 is 9.47 Å². The van der Waals surface area contributed by atoms with E-state index in [9.17, 15) is 0 Å². The molecule has 0 unspecified atom stereocenters. The Morgan fingerprint density at radius 3 is 1.36 bits per heavy atom. The van der Waals surface area contributed by atoms with Crippen molar-refractivity contribution in [3.8, 4) is 22.6 Å². The minimum Gasteiger partial charge on any atom is -0.496 e. The molecule has 0 aliphatic rings. The first-order valence-electron chi connectivity index (χ1n) is 8.36. The van der Waals surface area contributed by atoms with Gasteiger partial charge in [-0.1, -0.05) is 67.2 Å². The number of fused-ring (bicyclic) bond motifs is 2. The Morgan fingerprint density at radius 2 is 1.00 bits per heavy atom. The molecule has 4 aromatic carbocycles. The van der Waals surface area contributed by atoms with Gasteiger partial charge in [0.2, 0.25) is 0 Å². The van der Waals surface area contributed by atoms with Crippen molar-refractivity contribution < 1.29 is 9.47 Å². The summed E-state index contributed by atoms with van der Waals surface area (Å²) in [6, 6.07) is 15.6. The number of ether oxygens (including phenoxy) is 2. The van der Waals surface area contributed by atoms with Crippen LogP contribution in [-0.4, -0.2) is 14.2 Å². The lowest BCUT2D eigenvalue weighted by Crippen LogP contribution is -1.96. The SMILES string of the molecule is COc1cc(Br)c2cc(Cl)ccc2c1-c1c(OC)cc(Br)c2cc(Cl)ccc12. The molecule has 0 radical (unpaired) electrons. The Morgan fingerprint density at radius 1 is 0.607 bits per heavy atom. The van der Waals surface area contributed by atoms with Gasteiger partial charge >= 0.3 is 0 Å². The number of halogens is 4. The Bertz CT molecular complexity index is 1140. The van der Waals surface area contributed by atoms with Crippen LogP contribution >= 0.6 is 55.1 Å². The predicted octanol–water partition coefficient (Wildman–Crippen LogP) is 8.51. The van der Waals surface area contributed by atoms with Gasteiger partial charge in [-0.05, 0) is 57.9 Å². The van der Waals surface area contributed by atoms with E-state index in [4.69, 9.17) is 32.7 Å². The van der Waals surface area contributed by atoms with E-state index in [1.807, 2.05) is 48.5 Å². The first-order chi connectivity index (χ1) is 13.4. The van der Waals surface area contributed by atoms with Crippen molar-refractivity contribution in [2.45, 2.75) is 0 Å². The van der Waals surface area contributed by atoms with Crippen LogP contribution in [0.3, 0.4) is 0 Å². The second-order valence-corrected chi connectivity index (χ2v) is 8.83. The van der Waals surface area contributed by atoms with Crippen LogP contribution in [0.4, 0.5) is 0 Å². The van der Waals surface area contributed by atoms with Crippen LogP contribution < -0.4 is 9.47 Å². The minimum absolute atomic E-state index is 0.670. The standard InChI is InChI=1S/C22H14Br2Cl2O2/c1-27-19-9-17(23)15-7-11(25)3-5-13(15)21(19)22-14-6-4-12(26)8-16(14)18(24)10-20(22)28-2/h3-10H,1-2H3. The van der Waals surface area contributed by atoms with Crippen LogP contribution in [0.2, 0.25) is 10.0 Å². The largest absolute Gasteiger partial charge is 0.496 e. The molecule has 0 amide bonds. The smallest absolute Gasteiger partial charge is 0.128 e. The van der Waals surface area contributed by atoms with Crippen molar-refractivity contribution in [3.05, 3.63) is 67.5 Å². The van der Waals surface area contributed by atoms with Crippen LogP contribution in [0.25, 0.3) is 32.7 Å². The van der Waals surface area contributed by atoms with Gasteiger partial charge in [0.1, 0.15) is 11.5 Å². The van der Waals surface area contributed by atoms with Gasteiger partial charge in [0.25, 0.3) is 0 Å². The van der Waals surface area contributed by atoms with E-state index in [0.29, 0.717) is 10.0 Å². The molecule has 4 rings (SSSR count). The summed E-state index contributed by atoms with van der Waals surface area (Å²) in [6.45, 7) is 0. The second-order valence-electron chi connectivity index (χ2n) is 6.25. The number of hydrogen-bond donors (Lipinski definition) is 0. The van der Waals surface area contributed by atoms with Gasteiger partial charge in [0.15, 0.2) is 0 Å². The van der Waals surface area contributed by atoms with E-state index in [-0.39, 0.29) is 0 Å². The van der Waals surface area contributed by atoms with Crippen molar-refractivity contribution >= 4 is 76.6 Å². The molecule has 0 bridgehead atoms. The fourth-order valence-electron chi connectivity index (χ4n) is 3.50. The molecule has 6 heteroatoms. The molecule has 0 fully saturated rings. The molecule has 0 N–H and O–H groups in total. The van der Waals surface area contributed by atoms with Gasteiger partial charge in [-0.25, -0.2) is 0 Å². The molecular weight excluding hydrogens is 527 g/mol. The lowest BCUT2D eigenvalue weighted by molar-refractivity contribution is 0.411. The number of methoxy groups -OCH3 is 2. The molecular formula is C22H14Br2Cl2O2. The summed E-state index contributed by atoms with van der Waals surface area (Å²) >= 11 is 19.8. The van der Waals surface area contributed by atoms with E-state index in [1.54, 1.807) is 14.2 Å². The van der Waals surface area contributed by atoms with E-state index < -0.39 is 0 Å². The maximum atomic E-state index is 6.26. The average Bonchev–Trinajstić information content (AvgIpc) is 2.69. The first kappa shape index (κ1) is 19.8. The number of rotatable bonds is 3. The van der Waals surface area contributed by atoms with E-state index in [1.165, 1.54) is 0 Å². The third kappa shape index (κ3) is 3.26. The van der Waals surface area contributed by atoms with Gasteiger partial charge in [-0.15, -0.1) is 0 Å².